The maximum atomic E-state index is 13.1. The second kappa shape index (κ2) is 14.9. The summed E-state index contributed by atoms with van der Waals surface area (Å²) in [6, 6.07) is 16.8. The van der Waals surface area contributed by atoms with Crippen molar-refractivity contribution in [3.63, 3.8) is 0 Å². The third-order valence-corrected chi connectivity index (χ3v) is 11.3. The monoisotopic (exact) mass is 700 g/mol. The average molecular weight is 701 g/mol. The van der Waals surface area contributed by atoms with Gasteiger partial charge in [0.2, 0.25) is 0 Å². The van der Waals surface area contributed by atoms with Gasteiger partial charge in [-0.2, -0.15) is 0 Å². The van der Waals surface area contributed by atoms with Gasteiger partial charge in [0.15, 0.2) is 23.5 Å². The molecule has 7 aliphatic rings. The number of carbonyl (C=O) groups is 1. The Kier molecular flexibility index (Phi) is 11.1. The predicted molar refractivity (Wildman–Crippen MR) is 202 cm³/mol. The first-order valence-corrected chi connectivity index (χ1v) is 19.5. The van der Waals surface area contributed by atoms with Crippen molar-refractivity contribution in [3.8, 4) is 0 Å². The van der Waals surface area contributed by atoms with Gasteiger partial charge in [0.25, 0.3) is 0 Å². The molecule has 0 unspecified atom stereocenters. The lowest BCUT2D eigenvalue weighted by atomic mass is 9.82. The molecular formula is C43H60N2O6. The minimum Gasteiger partial charge on any atom is -0.509 e. The molecule has 278 valence electrons. The molecule has 3 saturated heterocycles. The van der Waals surface area contributed by atoms with E-state index in [0.29, 0.717) is 5.76 Å². The van der Waals surface area contributed by atoms with Crippen LogP contribution in [-0.4, -0.2) is 95.4 Å². The van der Waals surface area contributed by atoms with Crippen LogP contribution < -0.4 is 0 Å². The van der Waals surface area contributed by atoms with E-state index >= 15 is 0 Å². The van der Waals surface area contributed by atoms with Gasteiger partial charge in [0, 0.05) is 24.2 Å². The molecule has 9 rings (SSSR count). The summed E-state index contributed by atoms with van der Waals surface area (Å²) in [5, 5.41) is 11.1. The van der Waals surface area contributed by atoms with Gasteiger partial charge in [-0.3, -0.25) is 9.69 Å². The van der Waals surface area contributed by atoms with Crippen LogP contribution in [0.25, 0.3) is 11.1 Å². The molecule has 2 aliphatic carbocycles. The number of benzene rings is 2. The van der Waals surface area contributed by atoms with E-state index in [9.17, 15) is 9.90 Å². The Morgan fingerprint density at radius 3 is 2.00 bits per heavy atom. The highest BCUT2D eigenvalue weighted by Crippen LogP contribution is 2.58. The number of carbonyl (C=O) groups excluding carboxylic acids is 1. The first kappa shape index (κ1) is 37.9. The lowest BCUT2D eigenvalue weighted by Gasteiger charge is -2.40. The number of likely N-dealkylation sites (N-methyl/N-ethyl adjacent to an activating group) is 1. The highest BCUT2D eigenvalue weighted by molar-refractivity contribution is 6.27. The van der Waals surface area contributed by atoms with Crippen LogP contribution in [0, 0.1) is 0 Å². The zero-order valence-corrected chi connectivity index (χ0v) is 32.4. The average Bonchev–Trinajstić information content (AvgIpc) is 3.87. The van der Waals surface area contributed by atoms with Crippen LogP contribution in [0.1, 0.15) is 103 Å². The number of ether oxygens (including phenoxy) is 4. The van der Waals surface area contributed by atoms with Crippen LogP contribution in [-0.2, 0) is 36.6 Å². The fourth-order valence-electron chi connectivity index (χ4n) is 9.41. The Morgan fingerprint density at radius 1 is 0.686 bits per heavy atom. The normalized spacial score (nSPS) is 31.5. The maximum Gasteiger partial charge on any atom is 0.195 e. The fraction of sp³-hybridized carbons (Fsp3) is 0.605. The summed E-state index contributed by atoms with van der Waals surface area (Å²) in [6.45, 7) is 19.8. The molecule has 0 radical (unpaired) electrons. The summed E-state index contributed by atoms with van der Waals surface area (Å²) in [7, 11) is 2.17. The highest BCUT2D eigenvalue weighted by Gasteiger charge is 2.66. The van der Waals surface area contributed by atoms with Crippen molar-refractivity contribution in [3.05, 3.63) is 82.1 Å². The Bertz CT molecular complexity index is 1660. The topological polar surface area (TPSA) is 80.7 Å². The molecule has 0 bridgehead atoms. The molecule has 2 aromatic carbocycles. The van der Waals surface area contributed by atoms with E-state index in [-0.39, 0.29) is 29.6 Å². The third-order valence-electron chi connectivity index (χ3n) is 11.3. The summed E-state index contributed by atoms with van der Waals surface area (Å²) < 4.78 is 24.4. The molecule has 8 heteroatoms. The second-order valence-electron chi connectivity index (χ2n) is 15.2. The van der Waals surface area contributed by atoms with Gasteiger partial charge >= 0.3 is 0 Å². The first-order chi connectivity index (χ1) is 24.5. The molecule has 5 atom stereocenters. The standard InChI is InChI=1S/C20H25NO3.C19H23NO3.2C2H6/c1-20(2)23-18-15-9-6-11-21(3)12-10-13-7-4-5-8-14(13)16(15)17(22)19(18)24-20;1-18(2)22-16-15(21)14-13-7-4-3-6-12(13)8-11-20-10-5-9-19(14,20)17(16)23-18;2*1-2/h4-5,7-8,18-19H,6,9-12H2,1-3H3;3-4,6-7,16-17,21H,5,8-11H2,1-2H3;2*1-2H3/t18-,19+;16-,17-,19-;;/m01../s1. The number of hydrogen-bond donors (Lipinski definition) is 1. The molecule has 0 saturated carbocycles. The van der Waals surface area contributed by atoms with Gasteiger partial charge in [0.05, 0.1) is 5.54 Å². The quantitative estimate of drug-likeness (QED) is 0.299. The number of fused-ring (bicyclic) bond motifs is 7. The lowest BCUT2D eigenvalue weighted by Crippen LogP contribution is -2.53. The third kappa shape index (κ3) is 6.66. The number of Topliss-reactive ketones (excluding diaryl/α,β-unsaturated/α-hetero) is 1. The van der Waals surface area contributed by atoms with E-state index < -0.39 is 17.7 Å². The van der Waals surface area contributed by atoms with Gasteiger partial charge in [-0.25, -0.2) is 0 Å². The number of rotatable bonds is 0. The Labute approximate surface area is 305 Å². The smallest absolute Gasteiger partial charge is 0.195 e. The Balaban J connectivity index is 0.000000160. The number of hydrogen-bond acceptors (Lipinski definition) is 8. The molecule has 51 heavy (non-hydrogen) atoms. The Hall–Kier alpha value is -2.85. The van der Waals surface area contributed by atoms with Gasteiger partial charge in [0.1, 0.15) is 24.1 Å². The van der Waals surface area contributed by atoms with Crippen LogP contribution in [0.5, 0.6) is 0 Å². The van der Waals surface area contributed by atoms with Crippen LogP contribution in [0.4, 0.5) is 0 Å². The van der Waals surface area contributed by atoms with Gasteiger partial charge in [-0.15, -0.1) is 0 Å². The molecule has 1 spiro atoms. The summed E-state index contributed by atoms with van der Waals surface area (Å²) in [6.07, 6.45) is 4.94. The van der Waals surface area contributed by atoms with E-state index in [1.165, 1.54) is 16.7 Å². The number of aliphatic hydroxyl groups excluding tert-OH is 1. The van der Waals surface area contributed by atoms with Crippen molar-refractivity contribution in [1.82, 2.24) is 9.80 Å². The molecule has 5 heterocycles. The number of nitrogens with zero attached hydrogens (tertiary/aromatic N) is 2. The Morgan fingerprint density at radius 2 is 1.27 bits per heavy atom. The van der Waals surface area contributed by atoms with Crippen molar-refractivity contribution in [1.29, 1.82) is 0 Å². The van der Waals surface area contributed by atoms with Crippen molar-refractivity contribution in [2.75, 3.05) is 33.2 Å². The minimum absolute atomic E-state index is 0.0990. The van der Waals surface area contributed by atoms with Crippen LogP contribution in [0.2, 0.25) is 0 Å². The number of ketones is 1. The maximum absolute atomic E-state index is 13.1. The van der Waals surface area contributed by atoms with Gasteiger partial charge in [-0.05, 0) is 114 Å². The first-order valence-electron chi connectivity index (χ1n) is 19.5. The molecule has 3 fully saturated rings. The molecule has 2 aromatic rings. The SMILES string of the molecule is CC.CC.CC1(C)O[C@@H]2C(O)=C3c4ccccc4CCN4CCC[C@]34[C@@H]2O1.CN1CCCC2=C(C(=O)[C@H]3OC(C)(C)O[C@@H]23)c2ccccc2CC1. The van der Waals surface area contributed by atoms with E-state index in [0.717, 1.165) is 87.0 Å². The minimum atomic E-state index is -0.685. The summed E-state index contributed by atoms with van der Waals surface area (Å²) in [5.74, 6) is -0.831. The molecule has 0 aromatic heterocycles. The molecular weight excluding hydrogens is 640 g/mol. The summed E-state index contributed by atoms with van der Waals surface area (Å²) in [4.78, 5) is 18.0. The lowest BCUT2D eigenvalue weighted by molar-refractivity contribution is -0.156. The van der Waals surface area contributed by atoms with E-state index in [2.05, 4.69) is 59.3 Å². The predicted octanol–water partition coefficient (Wildman–Crippen LogP) is 7.74. The van der Waals surface area contributed by atoms with Gasteiger partial charge in [-0.1, -0.05) is 76.2 Å². The van der Waals surface area contributed by atoms with Crippen molar-refractivity contribution in [2.24, 2.45) is 0 Å². The summed E-state index contributed by atoms with van der Waals surface area (Å²) in [5.41, 5.74) is 7.66. The van der Waals surface area contributed by atoms with Gasteiger partial charge < -0.3 is 29.0 Å². The van der Waals surface area contributed by atoms with Crippen molar-refractivity contribution >= 4 is 16.9 Å². The molecule has 0 amide bonds. The second-order valence-corrected chi connectivity index (χ2v) is 15.2. The molecule has 5 aliphatic heterocycles. The zero-order valence-electron chi connectivity index (χ0n) is 32.4. The van der Waals surface area contributed by atoms with Crippen molar-refractivity contribution < 1.29 is 28.8 Å². The molecule has 8 nitrogen and oxygen atoms in total. The largest absolute Gasteiger partial charge is 0.509 e. The number of aliphatic hydroxyl groups is 1. The van der Waals surface area contributed by atoms with Crippen LogP contribution in [0.15, 0.2) is 59.9 Å². The zero-order chi connectivity index (χ0) is 36.7. The van der Waals surface area contributed by atoms with E-state index in [1.54, 1.807) is 0 Å². The van der Waals surface area contributed by atoms with E-state index in [1.807, 2.05) is 61.5 Å². The highest BCUT2D eigenvalue weighted by atomic mass is 16.8. The molecule has 1 N–H and O–H groups in total. The fourth-order valence-corrected chi connectivity index (χ4v) is 9.41. The van der Waals surface area contributed by atoms with Crippen LogP contribution in [0.3, 0.4) is 0 Å². The summed E-state index contributed by atoms with van der Waals surface area (Å²) >= 11 is 0. The van der Waals surface area contributed by atoms with Crippen LogP contribution >= 0.6 is 0 Å². The van der Waals surface area contributed by atoms with E-state index in [4.69, 9.17) is 18.9 Å². The van der Waals surface area contributed by atoms with Crippen molar-refractivity contribution in [2.45, 2.75) is 135 Å².